The topological polar surface area (TPSA) is 86.7 Å². The molecule has 8 heteroatoms. The number of aliphatic carboxylic acids is 1. The van der Waals surface area contributed by atoms with Crippen molar-refractivity contribution in [3.05, 3.63) is 41.7 Å². The SMILES string of the molecule is CC(C)[C@@H](NS(=O)(=O)N1CC=C(c2ccc(F)cc2)CC1)C(=O)O. The van der Waals surface area contributed by atoms with E-state index in [1.54, 1.807) is 32.1 Å². The number of nitrogens with one attached hydrogen (secondary N) is 1. The first-order valence-electron chi connectivity index (χ1n) is 7.66. The average Bonchev–Trinajstić information content (AvgIpc) is 2.53. The number of hydrogen-bond donors (Lipinski definition) is 2. The number of rotatable bonds is 6. The van der Waals surface area contributed by atoms with E-state index in [1.807, 2.05) is 0 Å². The lowest BCUT2D eigenvalue weighted by Crippen LogP contribution is -2.51. The minimum atomic E-state index is -3.89. The molecule has 0 aromatic heterocycles. The molecular weight excluding hydrogens is 335 g/mol. The molecule has 24 heavy (non-hydrogen) atoms. The van der Waals surface area contributed by atoms with E-state index in [9.17, 15) is 17.6 Å². The molecule has 0 aliphatic carbocycles. The molecule has 1 aliphatic rings. The van der Waals surface area contributed by atoms with Gasteiger partial charge in [0.15, 0.2) is 0 Å². The number of carboxylic acids is 1. The second kappa shape index (κ2) is 7.42. The molecule has 1 atom stereocenters. The smallest absolute Gasteiger partial charge is 0.322 e. The van der Waals surface area contributed by atoms with Crippen molar-refractivity contribution in [2.75, 3.05) is 13.1 Å². The van der Waals surface area contributed by atoms with Gasteiger partial charge in [-0.1, -0.05) is 32.1 Å². The summed E-state index contributed by atoms with van der Waals surface area (Å²) in [5, 5.41) is 9.13. The second-order valence-electron chi connectivity index (χ2n) is 6.03. The van der Waals surface area contributed by atoms with Gasteiger partial charge in [0.1, 0.15) is 11.9 Å². The minimum Gasteiger partial charge on any atom is -0.480 e. The first kappa shape index (κ1) is 18.6. The molecule has 0 amide bonds. The van der Waals surface area contributed by atoms with Gasteiger partial charge in [-0.2, -0.15) is 17.4 Å². The average molecular weight is 356 g/mol. The summed E-state index contributed by atoms with van der Waals surface area (Å²) >= 11 is 0. The minimum absolute atomic E-state index is 0.145. The molecular formula is C16H21FN2O4S. The molecule has 0 unspecified atom stereocenters. The lowest BCUT2D eigenvalue weighted by molar-refractivity contribution is -0.140. The molecule has 132 valence electrons. The van der Waals surface area contributed by atoms with Crippen LogP contribution < -0.4 is 4.72 Å². The van der Waals surface area contributed by atoms with Crippen LogP contribution in [0.15, 0.2) is 30.3 Å². The Morgan fingerprint density at radius 3 is 2.38 bits per heavy atom. The third-order valence-electron chi connectivity index (χ3n) is 3.94. The van der Waals surface area contributed by atoms with Crippen molar-refractivity contribution in [3.8, 4) is 0 Å². The Labute approximate surface area is 141 Å². The summed E-state index contributed by atoms with van der Waals surface area (Å²) in [6, 6.07) is 4.87. The lowest BCUT2D eigenvalue weighted by atomic mass is 10.0. The van der Waals surface area contributed by atoms with Crippen molar-refractivity contribution in [1.29, 1.82) is 0 Å². The van der Waals surface area contributed by atoms with Crippen LogP contribution in [0, 0.1) is 11.7 Å². The maximum Gasteiger partial charge on any atom is 0.322 e. The fourth-order valence-electron chi connectivity index (χ4n) is 2.50. The van der Waals surface area contributed by atoms with E-state index in [1.165, 1.54) is 16.4 Å². The zero-order valence-electron chi connectivity index (χ0n) is 13.6. The van der Waals surface area contributed by atoms with Gasteiger partial charge in [-0.3, -0.25) is 4.79 Å². The first-order valence-corrected chi connectivity index (χ1v) is 9.10. The fraction of sp³-hybridized carbons (Fsp3) is 0.438. The van der Waals surface area contributed by atoms with E-state index >= 15 is 0 Å². The van der Waals surface area contributed by atoms with Crippen LogP contribution in [0.5, 0.6) is 0 Å². The molecule has 0 saturated heterocycles. The molecule has 2 rings (SSSR count). The third kappa shape index (κ3) is 4.40. The highest BCUT2D eigenvalue weighted by molar-refractivity contribution is 7.87. The summed E-state index contributed by atoms with van der Waals surface area (Å²) in [6.07, 6.45) is 2.24. The Morgan fingerprint density at radius 2 is 1.92 bits per heavy atom. The molecule has 0 fully saturated rings. The van der Waals surface area contributed by atoms with Crippen LogP contribution in [0.3, 0.4) is 0 Å². The first-order chi connectivity index (χ1) is 11.2. The van der Waals surface area contributed by atoms with E-state index in [2.05, 4.69) is 4.72 Å². The fourth-order valence-corrected chi connectivity index (χ4v) is 3.95. The molecule has 1 aromatic rings. The molecule has 1 aromatic carbocycles. The quantitative estimate of drug-likeness (QED) is 0.814. The van der Waals surface area contributed by atoms with Gasteiger partial charge in [-0.05, 0) is 35.6 Å². The van der Waals surface area contributed by atoms with Crippen molar-refractivity contribution in [2.24, 2.45) is 5.92 Å². The highest BCUT2D eigenvalue weighted by Gasteiger charge is 2.31. The summed E-state index contributed by atoms with van der Waals surface area (Å²) in [5.41, 5.74) is 1.80. The van der Waals surface area contributed by atoms with Crippen LogP contribution in [0.25, 0.3) is 5.57 Å². The molecule has 0 spiro atoms. The van der Waals surface area contributed by atoms with E-state index in [0.717, 1.165) is 11.1 Å². The number of benzene rings is 1. The Hall–Kier alpha value is -1.77. The maximum atomic E-state index is 13.0. The van der Waals surface area contributed by atoms with Crippen LogP contribution in [0.1, 0.15) is 25.8 Å². The molecule has 0 saturated carbocycles. The van der Waals surface area contributed by atoms with E-state index in [-0.39, 0.29) is 24.8 Å². The van der Waals surface area contributed by atoms with E-state index in [0.29, 0.717) is 6.42 Å². The Kier molecular flexibility index (Phi) is 5.74. The van der Waals surface area contributed by atoms with Gasteiger partial charge in [-0.25, -0.2) is 4.39 Å². The van der Waals surface area contributed by atoms with Crippen LogP contribution in [-0.4, -0.2) is 42.9 Å². The predicted molar refractivity (Wildman–Crippen MR) is 88.9 cm³/mol. The summed E-state index contributed by atoms with van der Waals surface area (Å²) in [6.45, 7) is 3.67. The van der Waals surface area contributed by atoms with Gasteiger partial charge in [0.25, 0.3) is 10.2 Å². The Bertz CT molecular complexity index is 729. The molecule has 2 N–H and O–H groups in total. The van der Waals surface area contributed by atoms with Gasteiger partial charge >= 0.3 is 5.97 Å². The van der Waals surface area contributed by atoms with Gasteiger partial charge in [-0.15, -0.1) is 0 Å². The molecule has 0 bridgehead atoms. The van der Waals surface area contributed by atoms with Crippen LogP contribution in [0.4, 0.5) is 4.39 Å². The van der Waals surface area contributed by atoms with E-state index < -0.39 is 22.2 Å². The van der Waals surface area contributed by atoms with Crippen LogP contribution >= 0.6 is 0 Å². The normalized spacial score (nSPS) is 17.6. The number of carbonyl (C=O) groups is 1. The van der Waals surface area contributed by atoms with Gasteiger partial charge in [0, 0.05) is 13.1 Å². The number of nitrogens with zero attached hydrogens (tertiary/aromatic N) is 1. The Balaban J connectivity index is 2.09. The molecule has 6 nitrogen and oxygen atoms in total. The highest BCUT2D eigenvalue weighted by atomic mass is 32.2. The third-order valence-corrected chi connectivity index (χ3v) is 5.50. The van der Waals surface area contributed by atoms with Crippen molar-refractivity contribution < 1.29 is 22.7 Å². The van der Waals surface area contributed by atoms with Crippen LogP contribution in [0.2, 0.25) is 0 Å². The Morgan fingerprint density at radius 1 is 1.29 bits per heavy atom. The van der Waals surface area contributed by atoms with Crippen molar-refractivity contribution >= 4 is 21.8 Å². The zero-order valence-corrected chi connectivity index (χ0v) is 14.4. The number of hydrogen-bond acceptors (Lipinski definition) is 3. The number of carboxylic acid groups (broad SMARTS) is 1. The summed E-state index contributed by atoms with van der Waals surface area (Å²) in [7, 11) is -3.89. The van der Waals surface area contributed by atoms with Crippen molar-refractivity contribution in [1.82, 2.24) is 9.03 Å². The largest absolute Gasteiger partial charge is 0.480 e. The van der Waals surface area contributed by atoms with Gasteiger partial charge in [0.05, 0.1) is 0 Å². The van der Waals surface area contributed by atoms with Gasteiger partial charge < -0.3 is 5.11 Å². The van der Waals surface area contributed by atoms with E-state index in [4.69, 9.17) is 5.11 Å². The zero-order chi connectivity index (χ0) is 17.9. The summed E-state index contributed by atoms with van der Waals surface area (Å²) in [5.74, 6) is -1.89. The van der Waals surface area contributed by atoms with Crippen molar-refractivity contribution in [2.45, 2.75) is 26.3 Å². The second-order valence-corrected chi connectivity index (χ2v) is 7.73. The molecule has 0 radical (unpaired) electrons. The molecule has 1 aliphatic heterocycles. The lowest BCUT2D eigenvalue weighted by Gasteiger charge is -2.28. The van der Waals surface area contributed by atoms with Crippen molar-refractivity contribution in [3.63, 3.8) is 0 Å². The predicted octanol–water partition coefficient (Wildman–Crippen LogP) is 1.86. The van der Waals surface area contributed by atoms with Crippen LogP contribution in [-0.2, 0) is 15.0 Å². The highest BCUT2D eigenvalue weighted by Crippen LogP contribution is 2.23. The summed E-state index contributed by atoms with van der Waals surface area (Å²) in [4.78, 5) is 11.2. The molecule has 1 heterocycles. The summed E-state index contributed by atoms with van der Waals surface area (Å²) < 4.78 is 41.1. The maximum absolute atomic E-state index is 13.0. The monoisotopic (exact) mass is 356 g/mol. The standard InChI is InChI=1S/C16H21FN2O4S/c1-11(2)15(16(20)21)18-24(22,23)19-9-7-13(8-10-19)12-3-5-14(17)6-4-12/h3-7,11,15,18H,8-10H2,1-2H3,(H,20,21)/t15-/m1/s1. The van der Waals surface area contributed by atoms with Gasteiger partial charge in [0.2, 0.25) is 0 Å². The number of halogens is 1.